The molecule has 3 aromatic rings. The van der Waals surface area contributed by atoms with E-state index in [4.69, 9.17) is 10.5 Å². The number of aromatic nitrogens is 2. The van der Waals surface area contributed by atoms with Crippen LogP contribution in [0.15, 0.2) is 42.6 Å². The van der Waals surface area contributed by atoms with Crippen molar-refractivity contribution in [3.05, 3.63) is 65.0 Å². The Morgan fingerprint density at radius 3 is 2.71 bits per heavy atom. The summed E-state index contributed by atoms with van der Waals surface area (Å²) in [7, 11) is 0. The predicted molar refractivity (Wildman–Crippen MR) is 123 cm³/mol. The van der Waals surface area contributed by atoms with Crippen LogP contribution in [0.1, 0.15) is 40.5 Å². The summed E-state index contributed by atoms with van der Waals surface area (Å²) in [5.74, 6) is 0.708. The van der Waals surface area contributed by atoms with Crippen LogP contribution in [-0.4, -0.2) is 40.5 Å². The number of rotatable bonds is 5. The van der Waals surface area contributed by atoms with Crippen molar-refractivity contribution in [3.8, 4) is 0 Å². The maximum absolute atomic E-state index is 13.6. The smallest absolute Gasteiger partial charge is 0.383 e. The van der Waals surface area contributed by atoms with Gasteiger partial charge >= 0.3 is 6.18 Å². The lowest BCUT2D eigenvalue weighted by Crippen LogP contribution is -2.40. The second kappa shape index (κ2) is 9.58. The van der Waals surface area contributed by atoms with E-state index in [1.165, 1.54) is 6.07 Å². The van der Waals surface area contributed by atoms with Crippen LogP contribution in [0.5, 0.6) is 0 Å². The number of pyridine rings is 2. The molecule has 1 aliphatic rings. The molecule has 1 fully saturated rings. The molecule has 2 N–H and O–H groups in total. The molecule has 0 bridgehead atoms. The van der Waals surface area contributed by atoms with Crippen molar-refractivity contribution in [2.75, 3.05) is 25.5 Å². The molecule has 0 unspecified atom stereocenters. The van der Waals surface area contributed by atoms with E-state index in [9.17, 15) is 18.0 Å². The molecule has 0 radical (unpaired) electrons. The minimum Gasteiger partial charge on any atom is -0.383 e. The number of ether oxygens (including phenoxy) is 1. The molecule has 2 atom stereocenters. The molecule has 6 nitrogen and oxygen atoms in total. The van der Waals surface area contributed by atoms with Crippen molar-refractivity contribution in [1.82, 2.24) is 14.9 Å². The number of nitrogens with two attached hydrogens (primary N) is 1. The average molecular weight is 473 g/mol. The molecule has 34 heavy (non-hydrogen) atoms. The molecular formula is C25H27F3N4O2. The predicted octanol–water partition coefficient (Wildman–Crippen LogP) is 4.85. The Hall–Kier alpha value is -3.20. The number of halogens is 3. The molecule has 1 aromatic carbocycles. The van der Waals surface area contributed by atoms with Crippen LogP contribution in [0.3, 0.4) is 0 Å². The van der Waals surface area contributed by atoms with Gasteiger partial charge in [0.25, 0.3) is 5.91 Å². The summed E-state index contributed by atoms with van der Waals surface area (Å²) in [5.41, 5.74) is 7.46. The van der Waals surface area contributed by atoms with E-state index in [0.29, 0.717) is 42.4 Å². The van der Waals surface area contributed by atoms with E-state index in [0.717, 1.165) is 29.6 Å². The van der Waals surface area contributed by atoms with Crippen LogP contribution in [0.2, 0.25) is 0 Å². The molecule has 1 saturated heterocycles. The van der Waals surface area contributed by atoms with Gasteiger partial charge in [0.2, 0.25) is 0 Å². The zero-order valence-corrected chi connectivity index (χ0v) is 19.1. The van der Waals surface area contributed by atoms with E-state index < -0.39 is 11.7 Å². The van der Waals surface area contributed by atoms with Crippen molar-refractivity contribution in [3.63, 3.8) is 0 Å². The van der Waals surface area contributed by atoms with Crippen LogP contribution in [0.4, 0.5) is 19.0 Å². The van der Waals surface area contributed by atoms with Crippen LogP contribution in [0.25, 0.3) is 10.9 Å². The van der Waals surface area contributed by atoms with Gasteiger partial charge in [-0.25, -0.2) is 4.98 Å². The molecule has 2 aromatic heterocycles. The molecule has 0 saturated carbocycles. The summed E-state index contributed by atoms with van der Waals surface area (Å²) in [6.45, 7) is 5.75. The van der Waals surface area contributed by atoms with Crippen molar-refractivity contribution in [2.24, 2.45) is 11.8 Å². The number of alkyl halides is 3. The summed E-state index contributed by atoms with van der Waals surface area (Å²) in [6.07, 6.45) is -2.84. The normalized spacial score (nSPS) is 18.7. The SMILES string of the molecule is Cc1cc2cc(C(=O)N(Cc3ccc(C(F)(F)F)cn3)C[C@@H]3CCOC[C@H]3C)ccc2nc1N. The summed E-state index contributed by atoms with van der Waals surface area (Å²) in [5, 5.41) is 0.796. The third-order valence-electron chi connectivity index (χ3n) is 6.36. The van der Waals surface area contributed by atoms with Crippen molar-refractivity contribution in [2.45, 2.75) is 33.0 Å². The zero-order chi connectivity index (χ0) is 24.5. The van der Waals surface area contributed by atoms with Crippen molar-refractivity contribution in [1.29, 1.82) is 0 Å². The molecular weight excluding hydrogens is 445 g/mol. The number of hydrogen-bond donors (Lipinski definition) is 1. The Kier molecular flexibility index (Phi) is 6.74. The number of hydrogen-bond acceptors (Lipinski definition) is 5. The van der Waals surface area contributed by atoms with Gasteiger partial charge in [-0.1, -0.05) is 6.92 Å². The molecule has 0 spiro atoms. The Balaban J connectivity index is 1.63. The Morgan fingerprint density at radius 2 is 2.03 bits per heavy atom. The monoisotopic (exact) mass is 472 g/mol. The highest BCUT2D eigenvalue weighted by atomic mass is 19.4. The second-order valence-electron chi connectivity index (χ2n) is 8.92. The molecule has 1 amide bonds. The van der Waals surface area contributed by atoms with E-state index in [1.807, 2.05) is 13.0 Å². The number of carbonyl (C=O) groups excluding carboxylic acids is 1. The second-order valence-corrected chi connectivity index (χ2v) is 8.92. The first kappa shape index (κ1) is 23.9. The summed E-state index contributed by atoms with van der Waals surface area (Å²) in [4.78, 5) is 23.6. The van der Waals surface area contributed by atoms with Gasteiger partial charge in [0, 0.05) is 36.9 Å². The standard InChI is InChI=1S/C25H27F3N4O2/c1-15-9-19-10-17(3-6-22(19)31-23(15)29)24(33)32(12-18-7-8-34-14-16(18)2)13-21-5-4-20(11-30-21)25(26,27)28/h3-6,9-11,16,18H,7-8,12-14H2,1-2H3,(H2,29,31)/t16-,18+/m1/s1. The minimum absolute atomic E-state index is 0.109. The van der Waals surface area contributed by atoms with Crippen LogP contribution < -0.4 is 5.73 Å². The quantitative estimate of drug-likeness (QED) is 0.574. The summed E-state index contributed by atoms with van der Waals surface area (Å²) < 4.78 is 44.3. The number of aryl methyl sites for hydroxylation is 1. The average Bonchev–Trinajstić information content (AvgIpc) is 2.80. The van der Waals surface area contributed by atoms with Crippen molar-refractivity contribution >= 4 is 22.6 Å². The van der Waals surface area contributed by atoms with E-state index in [2.05, 4.69) is 16.9 Å². The fraction of sp³-hybridized carbons (Fsp3) is 0.400. The lowest BCUT2D eigenvalue weighted by Gasteiger charge is -2.34. The lowest BCUT2D eigenvalue weighted by molar-refractivity contribution is -0.137. The molecule has 180 valence electrons. The Bertz CT molecular complexity index is 1180. The molecule has 1 aliphatic heterocycles. The first-order valence-corrected chi connectivity index (χ1v) is 11.2. The third kappa shape index (κ3) is 5.30. The third-order valence-corrected chi connectivity index (χ3v) is 6.36. The highest BCUT2D eigenvalue weighted by molar-refractivity contribution is 5.98. The topological polar surface area (TPSA) is 81.3 Å². The van der Waals surface area contributed by atoms with E-state index >= 15 is 0 Å². The summed E-state index contributed by atoms with van der Waals surface area (Å²) >= 11 is 0. The molecule has 3 heterocycles. The molecule has 9 heteroatoms. The van der Waals surface area contributed by atoms with Gasteiger partial charge in [0.1, 0.15) is 5.82 Å². The minimum atomic E-state index is -4.46. The van der Waals surface area contributed by atoms with Crippen LogP contribution in [-0.2, 0) is 17.5 Å². The van der Waals surface area contributed by atoms with Crippen molar-refractivity contribution < 1.29 is 22.7 Å². The highest BCUT2D eigenvalue weighted by Gasteiger charge is 2.31. The number of amides is 1. The van der Waals surface area contributed by atoms with Crippen LogP contribution >= 0.6 is 0 Å². The first-order valence-electron chi connectivity index (χ1n) is 11.2. The number of fused-ring (bicyclic) bond motifs is 1. The van der Waals surface area contributed by atoms with Gasteiger partial charge in [-0.05, 0) is 67.1 Å². The van der Waals surface area contributed by atoms with Crippen LogP contribution in [0, 0.1) is 18.8 Å². The first-order chi connectivity index (χ1) is 16.1. The number of nitrogens with zero attached hydrogens (tertiary/aromatic N) is 3. The van der Waals surface area contributed by atoms with Gasteiger partial charge < -0.3 is 15.4 Å². The van der Waals surface area contributed by atoms with Gasteiger partial charge in [-0.2, -0.15) is 13.2 Å². The number of nitrogen functional groups attached to an aromatic ring is 1. The largest absolute Gasteiger partial charge is 0.417 e. The van der Waals surface area contributed by atoms with Gasteiger partial charge in [0.05, 0.1) is 23.3 Å². The highest BCUT2D eigenvalue weighted by Crippen LogP contribution is 2.29. The zero-order valence-electron chi connectivity index (χ0n) is 19.1. The van der Waals surface area contributed by atoms with E-state index in [-0.39, 0.29) is 24.3 Å². The lowest BCUT2D eigenvalue weighted by atomic mass is 9.89. The Morgan fingerprint density at radius 1 is 1.24 bits per heavy atom. The fourth-order valence-corrected chi connectivity index (χ4v) is 4.19. The summed E-state index contributed by atoms with van der Waals surface area (Å²) in [6, 6.07) is 9.44. The maximum Gasteiger partial charge on any atom is 0.417 e. The van der Waals surface area contributed by atoms with Gasteiger partial charge in [-0.15, -0.1) is 0 Å². The Labute approximate surface area is 195 Å². The number of carbonyl (C=O) groups is 1. The maximum atomic E-state index is 13.6. The number of anilines is 1. The number of benzene rings is 1. The van der Waals surface area contributed by atoms with E-state index in [1.54, 1.807) is 23.1 Å². The molecule has 0 aliphatic carbocycles. The van der Waals surface area contributed by atoms with Gasteiger partial charge in [-0.3, -0.25) is 9.78 Å². The molecule has 4 rings (SSSR count). The fourth-order valence-electron chi connectivity index (χ4n) is 4.19. The van der Waals surface area contributed by atoms with Gasteiger partial charge in [0.15, 0.2) is 0 Å².